The lowest BCUT2D eigenvalue weighted by Crippen LogP contribution is -2.53. The zero-order valence-electron chi connectivity index (χ0n) is 12.1. The summed E-state index contributed by atoms with van der Waals surface area (Å²) in [7, 11) is 3.12. The van der Waals surface area contributed by atoms with Crippen LogP contribution in [0.25, 0.3) is 0 Å². The quantitative estimate of drug-likeness (QED) is 0.723. The van der Waals surface area contributed by atoms with Crippen molar-refractivity contribution in [2.45, 2.75) is 18.6 Å². The highest BCUT2D eigenvalue weighted by Gasteiger charge is 2.27. The van der Waals surface area contributed by atoms with Crippen LogP contribution in [-0.4, -0.2) is 45.4 Å². The van der Waals surface area contributed by atoms with Crippen molar-refractivity contribution in [2.24, 2.45) is 0 Å². The number of hydrogen-bond donors (Lipinski definition) is 3. The van der Waals surface area contributed by atoms with Crippen LogP contribution in [0.1, 0.15) is 16.8 Å². The normalized spacial score (nSPS) is 21.9. The van der Waals surface area contributed by atoms with E-state index < -0.39 is 0 Å². The molecule has 1 fully saturated rings. The molecule has 0 spiro atoms. The summed E-state index contributed by atoms with van der Waals surface area (Å²) in [6.07, 6.45) is 0.743. The molecule has 0 saturated carbocycles. The van der Waals surface area contributed by atoms with Gasteiger partial charge in [0.1, 0.15) is 5.75 Å². The second kappa shape index (κ2) is 6.98. The zero-order chi connectivity index (χ0) is 15.4. The van der Waals surface area contributed by atoms with E-state index in [1.165, 1.54) is 13.2 Å². The maximum atomic E-state index is 12.5. The van der Waals surface area contributed by atoms with E-state index in [1.807, 2.05) is 0 Å². The van der Waals surface area contributed by atoms with Crippen LogP contribution in [0.4, 0.5) is 5.69 Å². The first-order valence-corrected chi connectivity index (χ1v) is 7.12. The molecule has 1 amide bonds. The SMILES string of the molecule is COc1cc(N)c(Cl)cc1C(=O)NC1CCNC[C@@H]1OC. The predicted octanol–water partition coefficient (Wildman–Crippen LogP) is 1.04. The molecular formula is C14H20ClN3O3. The Balaban J connectivity index is 2.18. The first kappa shape index (κ1) is 15.9. The van der Waals surface area contributed by atoms with Crippen molar-refractivity contribution >= 4 is 23.2 Å². The third kappa shape index (κ3) is 3.58. The Bertz CT molecular complexity index is 524. The lowest BCUT2D eigenvalue weighted by molar-refractivity contribution is 0.0476. The van der Waals surface area contributed by atoms with Crippen LogP contribution in [0.2, 0.25) is 5.02 Å². The van der Waals surface area contributed by atoms with Crippen molar-refractivity contribution in [3.05, 3.63) is 22.7 Å². The average molecular weight is 314 g/mol. The standard InChI is InChI=1S/C14H20ClN3O3/c1-20-12-6-10(16)9(15)5-8(12)14(19)18-11-3-4-17-7-13(11)21-2/h5-6,11,13,17H,3-4,7,16H2,1-2H3,(H,18,19)/t11?,13-/m0/s1. The van der Waals surface area contributed by atoms with Crippen LogP contribution >= 0.6 is 11.6 Å². The minimum Gasteiger partial charge on any atom is -0.496 e. The van der Waals surface area contributed by atoms with Gasteiger partial charge in [0.25, 0.3) is 5.91 Å². The molecule has 0 aliphatic carbocycles. The van der Waals surface area contributed by atoms with Gasteiger partial charge in [-0.2, -0.15) is 0 Å². The molecule has 1 heterocycles. The second-order valence-electron chi connectivity index (χ2n) is 4.92. The lowest BCUT2D eigenvalue weighted by Gasteiger charge is -2.31. The van der Waals surface area contributed by atoms with E-state index in [0.717, 1.165) is 13.0 Å². The number of benzene rings is 1. The molecule has 0 radical (unpaired) electrons. The Hall–Kier alpha value is -1.50. The minimum atomic E-state index is -0.247. The van der Waals surface area contributed by atoms with Gasteiger partial charge in [-0.15, -0.1) is 0 Å². The molecule has 116 valence electrons. The summed E-state index contributed by atoms with van der Waals surface area (Å²) in [4.78, 5) is 12.5. The van der Waals surface area contributed by atoms with E-state index in [2.05, 4.69) is 10.6 Å². The Morgan fingerprint density at radius 1 is 1.48 bits per heavy atom. The number of methoxy groups -OCH3 is 2. The molecule has 2 atom stereocenters. The van der Waals surface area contributed by atoms with Gasteiger partial charge >= 0.3 is 0 Å². The molecule has 4 N–H and O–H groups in total. The van der Waals surface area contributed by atoms with Gasteiger partial charge in [-0.3, -0.25) is 4.79 Å². The summed E-state index contributed by atoms with van der Waals surface area (Å²) in [5.74, 6) is 0.153. The van der Waals surface area contributed by atoms with Crippen LogP contribution < -0.4 is 21.1 Å². The van der Waals surface area contributed by atoms with E-state index in [0.29, 0.717) is 28.6 Å². The molecule has 21 heavy (non-hydrogen) atoms. The molecule has 1 aliphatic rings. The van der Waals surface area contributed by atoms with Crippen molar-refractivity contribution in [3.63, 3.8) is 0 Å². The molecule has 2 rings (SSSR count). The largest absolute Gasteiger partial charge is 0.496 e. The molecule has 1 aromatic rings. The fourth-order valence-electron chi connectivity index (χ4n) is 2.40. The van der Waals surface area contributed by atoms with Crippen LogP contribution in [-0.2, 0) is 4.74 Å². The third-order valence-corrected chi connectivity index (χ3v) is 3.94. The summed E-state index contributed by atoms with van der Waals surface area (Å²) >= 11 is 5.99. The number of anilines is 1. The number of amides is 1. The number of carbonyl (C=O) groups excluding carboxylic acids is 1. The van der Waals surface area contributed by atoms with Crippen molar-refractivity contribution in [1.29, 1.82) is 0 Å². The van der Waals surface area contributed by atoms with Crippen LogP contribution in [0.15, 0.2) is 12.1 Å². The van der Waals surface area contributed by atoms with E-state index in [4.69, 9.17) is 26.8 Å². The highest BCUT2D eigenvalue weighted by molar-refractivity contribution is 6.33. The Kier molecular flexibility index (Phi) is 5.27. The Morgan fingerprint density at radius 2 is 2.24 bits per heavy atom. The number of nitrogen functional groups attached to an aromatic ring is 1. The van der Waals surface area contributed by atoms with Crippen LogP contribution in [0.3, 0.4) is 0 Å². The maximum absolute atomic E-state index is 12.5. The molecule has 0 aromatic heterocycles. The Morgan fingerprint density at radius 3 is 2.90 bits per heavy atom. The van der Waals surface area contributed by atoms with Gasteiger partial charge in [0.2, 0.25) is 0 Å². The van der Waals surface area contributed by atoms with Gasteiger partial charge in [-0.25, -0.2) is 0 Å². The number of nitrogens with two attached hydrogens (primary N) is 1. The lowest BCUT2D eigenvalue weighted by atomic mass is 10.0. The number of piperidine rings is 1. The molecular weight excluding hydrogens is 294 g/mol. The van der Waals surface area contributed by atoms with Crippen molar-refractivity contribution in [3.8, 4) is 5.75 Å². The van der Waals surface area contributed by atoms with Gasteiger partial charge in [-0.05, 0) is 19.0 Å². The summed E-state index contributed by atoms with van der Waals surface area (Å²) in [6, 6.07) is 3.02. The summed E-state index contributed by atoms with van der Waals surface area (Å²) in [5, 5.41) is 6.53. The number of hydrogen-bond acceptors (Lipinski definition) is 5. The first-order chi connectivity index (χ1) is 10.1. The fourth-order valence-corrected chi connectivity index (χ4v) is 2.57. The second-order valence-corrected chi connectivity index (χ2v) is 5.33. The molecule has 1 aliphatic heterocycles. The van der Waals surface area contributed by atoms with Gasteiger partial charge in [0.05, 0.1) is 35.5 Å². The molecule has 7 heteroatoms. The molecule has 1 unspecified atom stereocenters. The van der Waals surface area contributed by atoms with Gasteiger partial charge in [-0.1, -0.05) is 11.6 Å². The van der Waals surface area contributed by atoms with E-state index in [9.17, 15) is 4.79 Å². The molecule has 1 saturated heterocycles. The van der Waals surface area contributed by atoms with Gasteiger partial charge < -0.3 is 25.8 Å². The van der Waals surface area contributed by atoms with E-state index in [-0.39, 0.29) is 18.1 Å². The topological polar surface area (TPSA) is 85.6 Å². The minimum absolute atomic E-state index is 0.0511. The van der Waals surface area contributed by atoms with Crippen LogP contribution in [0.5, 0.6) is 5.75 Å². The van der Waals surface area contributed by atoms with Gasteiger partial charge in [0.15, 0.2) is 0 Å². The van der Waals surface area contributed by atoms with Crippen molar-refractivity contribution in [2.75, 3.05) is 33.0 Å². The summed E-state index contributed by atoms with van der Waals surface area (Å²) < 4.78 is 10.6. The summed E-state index contributed by atoms with van der Waals surface area (Å²) in [5.41, 5.74) is 6.46. The van der Waals surface area contributed by atoms with E-state index >= 15 is 0 Å². The number of carbonyl (C=O) groups is 1. The monoisotopic (exact) mass is 313 g/mol. The van der Waals surface area contributed by atoms with Crippen molar-refractivity contribution < 1.29 is 14.3 Å². The molecule has 0 bridgehead atoms. The van der Waals surface area contributed by atoms with Crippen molar-refractivity contribution in [1.82, 2.24) is 10.6 Å². The van der Waals surface area contributed by atoms with E-state index in [1.54, 1.807) is 13.2 Å². The number of ether oxygens (including phenoxy) is 2. The van der Waals surface area contributed by atoms with Crippen LogP contribution in [0, 0.1) is 0 Å². The number of rotatable bonds is 4. The predicted molar refractivity (Wildman–Crippen MR) is 82.0 cm³/mol. The maximum Gasteiger partial charge on any atom is 0.255 e. The highest BCUT2D eigenvalue weighted by atomic mass is 35.5. The first-order valence-electron chi connectivity index (χ1n) is 6.74. The number of halogens is 1. The third-order valence-electron chi connectivity index (χ3n) is 3.61. The number of nitrogens with one attached hydrogen (secondary N) is 2. The smallest absolute Gasteiger partial charge is 0.255 e. The average Bonchev–Trinajstić information content (AvgIpc) is 2.50. The van der Waals surface area contributed by atoms with Gasteiger partial charge in [0, 0.05) is 19.7 Å². The Labute approximate surface area is 128 Å². The molecule has 6 nitrogen and oxygen atoms in total. The highest BCUT2D eigenvalue weighted by Crippen LogP contribution is 2.29. The fraction of sp³-hybridized carbons (Fsp3) is 0.500. The zero-order valence-corrected chi connectivity index (χ0v) is 12.9. The molecule has 1 aromatic carbocycles. The summed E-state index contributed by atoms with van der Waals surface area (Å²) in [6.45, 7) is 1.55.